The lowest BCUT2D eigenvalue weighted by Crippen LogP contribution is -2.31. The highest BCUT2D eigenvalue weighted by atomic mass is 35.5. The van der Waals surface area contributed by atoms with Crippen LogP contribution in [0.4, 0.5) is 5.69 Å². The first kappa shape index (κ1) is 16.3. The summed E-state index contributed by atoms with van der Waals surface area (Å²) in [6.07, 6.45) is 0.695. The topological polar surface area (TPSA) is 57.7 Å². The van der Waals surface area contributed by atoms with Crippen molar-refractivity contribution in [1.29, 1.82) is 0 Å². The molecule has 0 N–H and O–H groups in total. The first-order valence-electron chi connectivity index (χ1n) is 6.93. The minimum Gasteiger partial charge on any atom is -0.312 e. The smallest absolute Gasteiger partial charge is 0.244 e. The van der Waals surface area contributed by atoms with Crippen LogP contribution in [0.3, 0.4) is 0 Å². The summed E-state index contributed by atoms with van der Waals surface area (Å²) < 4.78 is 26.6. The van der Waals surface area contributed by atoms with Crippen molar-refractivity contribution < 1.29 is 13.2 Å². The third-order valence-corrected chi connectivity index (χ3v) is 6.25. The third-order valence-electron chi connectivity index (χ3n) is 3.73. The van der Waals surface area contributed by atoms with Gasteiger partial charge in [0.25, 0.3) is 0 Å². The maximum Gasteiger partial charge on any atom is 0.244 e. The van der Waals surface area contributed by atoms with Gasteiger partial charge in [-0.15, -0.1) is 0 Å². The molecule has 1 aromatic carbocycles. The van der Waals surface area contributed by atoms with Crippen molar-refractivity contribution >= 4 is 33.2 Å². The van der Waals surface area contributed by atoms with Crippen molar-refractivity contribution in [2.75, 3.05) is 24.5 Å². The molecule has 116 valence electrons. The molecule has 0 unspecified atom stereocenters. The van der Waals surface area contributed by atoms with Gasteiger partial charge in [-0.1, -0.05) is 25.4 Å². The van der Waals surface area contributed by atoms with Crippen LogP contribution in [0, 0.1) is 0 Å². The maximum absolute atomic E-state index is 12.6. The number of carbonyl (C=O) groups is 1. The van der Waals surface area contributed by atoms with Crippen molar-refractivity contribution in [2.45, 2.75) is 32.1 Å². The summed E-state index contributed by atoms with van der Waals surface area (Å²) in [6.45, 7) is 6.36. The van der Waals surface area contributed by atoms with Crippen LogP contribution in [-0.4, -0.2) is 38.3 Å². The molecule has 0 fully saturated rings. The molecule has 0 radical (unpaired) electrons. The van der Waals surface area contributed by atoms with Crippen molar-refractivity contribution in [3.05, 3.63) is 22.7 Å². The van der Waals surface area contributed by atoms with Gasteiger partial charge in [-0.2, -0.15) is 4.31 Å². The standard InChI is InChI=1S/C14H19ClN2O3S/c1-4-16(5-2)21(19,20)14-9-13-11(8-12(14)15)6-7-17(13)10(3)18/h8-9H,4-7H2,1-3H3. The van der Waals surface area contributed by atoms with Crippen LogP contribution < -0.4 is 4.90 Å². The Morgan fingerprint density at radius 1 is 1.33 bits per heavy atom. The summed E-state index contributed by atoms with van der Waals surface area (Å²) in [5.41, 5.74) is 1.56. The van der Waals surface area contributed by atoms with Crippen LogP contribution in [0.15, 0.2) is 17.0 Å². The number of sulfonamides is 1. The fourth-order valence-corrected chi connectivity index (χ4v) is 4.62. The van der Waals surface area contributed by atoms with Gasteiger partial charge in [0.2, 0.25) is 15.9 Å². The van der Waals surface area contributed by atoms with E-state index in [9.17, 15) is 13.2 Å². The van der Waals surface area contributed by atoms with E-state index in [1.54, 1.807) is 24.8 Å². The number of rotatable bonds is 4. The number of carbonyl (C=O) groups excluding carboxylic acids is 1. The van der Waals surface area contributed by atoms with Gasteiger partial charge >= 0.3 is 0 Å². The largest absolute Gasteiger partial charge is 0.312 e. The van der Waals surface area contributed by atoms with E-state index < -0.39 is 10.0 Å². The average molecular weight is 331 g/mol. The number of hydrogen-bond donors (Lipinski definition) is 0. The number of halogens is 1. The van der Waals surface area contributed by atoms with E-state index in [0.717, 1.165) is 5.56 Å². The van der Waals surface area contributed by atoms with E-state index in [4.69, 9.17) is 11.6 Å². The minimum absolute atomic E-state index is 0.0692. The van der Waals surface area contributed by atoms with E-state index in [-0.39, 0.29) is 15.8 Å². The summed E-state index contributed by atoms with van der Waals surface area (Å²) in [5.74, 6) is -0.0951. The average Bonchev–Trinajstić information content (AvgIpc) is 2.81. The van der Waals surface area contributed by atoms with Crippen molar-refractivity contribution in [3.8, 4) is 0 Å². The van der Waals surface area contributed by atoms with Gasteiger partial charge < -0.3 is 4.90 Å². The minimum atomic E-state index is -3.64. The lowest BCUT2D eigenvalue weighted by molar-refractivity contribution is -0.116. The molecule has 21 heavy (non-hydrogen) atoms. The molecule has 0 atom stereocenters. The second-order valence-electron chi connectivity index (χ2n) is 4.92. The van der Waals surface area contributed by atoms with Crippen molar-refractivity contribution in [2.24, 2.45) is 0 Å². The zero-order valence-corrected chi connectivity index (χ0v) is 14.0. The zero-order valence-electron chi connectivity index (χ0n) is 12.4. The Hall–Kier alpha value is -1.11. The molecule has 1 aliphatic heterocycles. The number of amides is 1. The van der Waals surface area contributed by atoms with Crippen LogP contribution in [-0.2, 0) is 21.2 Å². The molecule has 1 aromatic rings. The molecule has 0 bridgehead atoms. The van der Waals surface area contributed by atoms with E-state index in [2.05, 4.69) is 0 Å². The van der Waals surface area contributed by atoms with E-state index in [1.165, 1.54) is 17.3 Å². The molecule has 0 aromatic heterocycles. The first-order valence-corrected chi connectivity index (χ1v) is 8.75. The Morgan fingerprint density at radius 2 is 1.95 bits per heavy atom. The number of anilines is 1. The molecule has 1 amide bonds. The number of hydrogen-bond acceptors (Lipinski definition) is 3. The SMILES string of the molecule is CCN(CC)S(=O)(=O)c1cc2c(cc1Cl)CCN2C(C)=O. The summed E-state index contributed by atoms with van der Waals surface area (Å²) in [5, 5.41) is 0.214. The Kier molecular flexibility index (Phi) is 4.60. The molecular weight excluding hydrogens is 312 g/mol. The number of fused-ring (bicyclic) bond motifs is 1. The van der Waals surface area contributed by atoms with Gasteiger partial charge in [0, 0.05) is 32.2 Å². The predicted octanol–water partition coefficient (Wildman–Crippen LogP) is 2.28. The fraction of sp³-hybridized carbons (Fsp3) is 0.500. The molecule has 2 rings (SSSR count). The van der Waals surface area contributed by atoms with Crippen LogP contribution in [0.5, 0.6) is 0 Å². The van der Waals surface area contributed by atoms with Gasteiger partial charge in [-0.05, 0) is 24.1 Å². The maximum atomic E-state index is 12.6. The quantitative estimate of drug-likeness (QED) is 0.851. The van der Waals surface area contributed by atoms with Crippen LogP contribution in [0.2, 0.25) is 5.02 Å². The molecule has 1 aliphatic rings. The second-order valence-corrected chi connectivity index (χ2v) is 7.23. The van der Waals surface area contributed by atoms with E-state index in [0.29, 0.717) is 31.7 Å². The highest BCUT2D eigenvalue weighted by Gasteiger charge is 2.30. The van der Waals surface area contributed by atoms with Gasteiger partial charge in [-0.25, -0.2) is 8.42 Å². The summed E-state index contributed by atoms with van der Waals surface area (Å²) in [4.78, 5) is 13.3. The summed E-state index contributed by atoms with van der Waals surface area (Å²) in [7, 11) is -3.64. The monoisotopic (exact) mass is 330 g/mol. The van der Waals surface area contributed by atoms with Crippen LogP contribution >= 0.6 is 11.6 Å². The van der Waals surface area contributed by atoms with Gasteiger partial charge in [-0.3, -0.25) is 4.79 Å². The molecular formula is C14H19ClN2O3S. The molecule has 1 heterocycles. The van der Waals surface area contributed by atoms with Crippen molar-refractivity contribution in [1.82, 2.24) is 4.31 Å². The Labute approximate surface area is 130 Å². The van der Waals surface area contributed by atoms with Crippen molar-refractivity contribution in [3.63, 3.8) is 0 Å². The molecule has 0 spiro atoms. The molecule has 0 saturated carbocycles. The van der Waals surface area contributed by atoms with E-state index >= 15 is 0 Å². The van der Waals surface area contributed by atoms with Gasteiger partial charge in [0.05, 0.1) is 5.02 Å². The predicted molar refractivity (Wildman–Crippen MR) is 83.3 cm³/mol. The van der Waals surface area contributed by atoms with Crippen LogP contribution in [0.1, 0.15) is 26.3 Å². The zero-order chi connectivity index (χ0) is 15.8. The number of benzene rings is 1. The highest BCUT2D eigenvalue weighted by Crippen LogP contribution is 2.36. The molecule has 7 heteroatoms. The lowest BCUT2D eigenvalue weighted by Gasteiger charge is -2.21. The summed E-state index contributed by atoms with van der Waals surface area (Å²) in [6, 6.07) is 3.19. The summed E-state index contributed by atoms with van der Waals surface area (Å²) >= 11 is 6.17. The fourth-order valence-electron chi connectivity index (χ4n) is 2.62. The Bertz CT molecular complexity index is 669. The van der Waals surface area contributed by atoms with Gasteiger partial charge in [0.15, 0.2) is 0 Å². The lowest BCUT2D eigenvalue weighted by atomic mass is 10.2. The number of nitrogens with zero attached hydrogens (tertiary/aromatic N) is 2. The third kappa shape index (κ3) is 2.80. The molecule has 0 saturated heterocycles. The first-order chi connectivity index (χ1) is 9.82. The Balaban J connectivity index is 2.57. The normalized spacial score (nSPS) is 14.6. The van der Waals surface area contributed by atoms with Gasteiger partial charge in [0.1, 0.15) is 4.90 Å². The Morgan fingerprint density at radius 3 is 2.48 bits per heavy atom. The van der Waals surface area contributed by atoms with E-state index in [1.807, 2.05) is 0 Å². The van der Waals surface area contributed by atoms with Crippen LogP contribution in [0.25, 0.3) is 0 Å². The molecule has 0 aliphatic carbocycles. The molecule has 5 nitrogen and oxygen atoms in total. The highest BCUT2D eigenvalue weighted by molar-refractivity contribution is 7.89. The second kappa shape index (κ2) is 5.94.